The minimum Gasteiger partial charge on any atom is -0.456 e. The van der Waals surface area contributed by atoms with Crippen molar-refractivity contribution in [2.24, 2.45) is 0 Å². The summed E-state index contributed by atoms with van der Waals surface area (Å²) in [5.41, 5.74) is 22.7. The smallest absolute Gasteiger partial charge is 0.257 e. The van der Waals surface area contributed by atoms with Crippen molar-refractivity contribution in [2.75, 3.05) is 9.80 Å². The maximum absolute atomic E-state index is 7.27. The highest BCUT2D eigenvalue weighted by atomic mass is 16.4. The molecule has 0 saturated carbocycles. The van der Waals surface area contributed by atoms with Gasteiger partial charge in [-0.15, -0.1) is 0 Å². The third kappa shape index (κ3) is 6.17. The molecule has 0 atom stereocenters. The zero-order valence-corrected chi connectivity index (χ0v) is 39.1. The second-order valence-corrected chi connectivity index (χ2v) is 21.4. The van der Waals surface area contributed by atoms with E-state index in [1.165, 1.54) is 94.7 Å². The largest absolute Gasteiger partial charge is 0.456 e. The molecule has 0 radical (unpaired) electrons. The highest BCUT2D eigenvalue weighted by Crippen LogP contribution is 2.50. The van der Waals surface area contributed by atoms with Gasteiger partial charge in [-0.05, 0) is 161 Å². The van der Waals surface area contributed by atoms with Gasteiger partial charge in [-0.3, -0.25) is 4.90 Å². The van der Waals surface area contributed by atoms with Crippen LogP contribution < -0.4 is 26.2 Å². The third-order valence-electron chi connectivity index (χ3n) is 13.6. The highest BCUT2D eigenvalue weighted by Gasteiger charge is 2.47. The Kier molecular flexibility index (Phi) is 8.76. The van der Waals surface area contributed by atoms with E-state index in [9.17, 15) is 0 Å². The van der Waals surface area contributed by atoms with E-state index in [0.29, 0.717) is 0 Å². The fourth-order valence-corrected chi connectivity index (χ4v) is 10.4. The summed E-state index contributed by atoms with van der Waals surface area (Å²) >= 11 is 0. The Morgan fingerprint density at radius 1 is 0.468 bits per heavy atom. The molecule has 4 heterocycles. The molecule has 2 aromatic heterocycles. The highest BCUT2D eigenvalue weighted by molar-refractivity contribution is 7.01. The maximum Gasteiger partial charge on any atom is 0.257 e. The lowest BCUT2D eigenvalue weighted by molar-refractivity contribution is 0.588. The molecule has 10 rings (SSSR count). The zero-order valence-electron chi connectivity index (χ0n) is 39.1. The first-order valence-corrected chi connectivity index (χ1v) is 22.4. The molecule has 312 valence electrons. The lowest BCUT2D eigenvalue weighted by Gasteiger charge is -2.44. The van der Waals surface area contributed by atoms with E-state index in [0.717, 1.165) is 33.8 Å². The molecule has 0 bridgehead atoms. The molecule has 8 aromatic rings. The number of hydrogen-bond acceptors (Lipinski definition) is 4. The zero-order chi connectivity index (χ0) is 43.9. The molecule has 2 aliphatic heterocycles. The van der Waals surface area contributed by atoms with Gasteiger partial charge in [0.05, 0.1) is 11.4 Å². The van der Waals surface area contributed by atoms with Crippen LogP contribution in [0.25, 0.3) is 33.3 Å². The number of nitrogens with zero attached hydrogens (tertiary/aromatic N) is 2. The van der Waals surface area contributed by atoms with Crippen molar-refractivity contribution in [1.29, 1.82) is 0 Å². The number of para-hydroxylation sites is 1. The van der Waals surface area contributed by atoms with Crippen LogP contribution in [0.4, 0.5) is 34.3 Å². The predicted octanol–water partition coefficient (Wildman–Crippen LogP) is 14.4. The molecule has 0 N–H and O–H groups in total. The summed E-state index contributed by atoms with van der Waals surface area (Å²) in [6, 6.07) is 38.8. The SMILES string of the molecule is Cc1cc2c3c(c1)N(c1c(C)cc(C(C)(C)C)cc1C)c1oc4ccc(C(C)(C)C)cc4c1B3c1cc(C(C)(C)C)ccc1N2c1c(C)cc(-c2cc3ccccc3o2)cc1C. The molecule has 6 aromatic carbocycles. The topological polar surface area (TPSA) is 32.8 Å². The second-order valence-electron chi connectivity index (χ2n) is 21.4. The molecular weight excluding hydrogens is 755 g/mol. The van der Waals surface area contributed by atoms with Crippen LogP contribution in [0.1, 0.15) is 107 Å². The molecule has 0 unspecified atom stereocenters. The van der Waals surface area contributed by atoms with Gasteiger partial charge in [-0.2, -0.15) is 0 Å². The predicted molar refractivity (Wildman–Crippen MR) is 265 cm³/mol. The fraction of sp³-hybridized carbons (Fsp3) is 0.298. The minimum absolute atomic E-state index is 0.0159. The van der Waals surface area contributed by atoms with Crippen LogP contribution in [0.5, 0.6) is 0 Å². The molecule has 0 fully saturated rings. The number of rotatable bonds is 3. The number of fused-ring (bicyclic) bond motifs is 7. The van der Waals surface area contributed by atoms with Crippen LogP contribution in [0.2, 0.25) is 0 Å². The lowest BCUT2D eigenvalue weighted by atomic mass is 9.33. The molecule has 4 nitrogen and oxygen atoms in total. The van der Waals surface area contributed by atoms with Gasteiger partial charge in [0, 0.05) is 38.9 Å². The molecule has 0 spiro atoms. The van der Waals surface area contributed by atoms with Gasteiger partial charge in [-0.1, -0.05) is 111 Å². The number of benzene rings is 6. The second kappa shape index (κ2) is 13.5. The summed E-state index contributed by atoms with van der Waals surface area (Å²) in [4.78, 5) is 5.05. The van der Waals surface area contributed by atoms with Crippen LogP contribution in [0.15, 0.2) is 112 Å². The summed E-state index contributed by atoms with van der Waals surface area (Å²) in [6.45, 7) is 32.1. The summed E-state index contributed by atoms with van der Waals surface area (Å²) in [5.74, 6) is 1.80. The van der Waals surface area contributed by atoms with E-state index in [2.05, 4.69) is 198 Å². The molecule has 0 saturated heterocycles. The van der Waals surface area contributed by atoms with Crippen molar-refractivity contribution >= 4 is 79.4 Å². The average Bonchev–Trinajstić information content (AvgIpc) is 3.79. The van der Waals surface area contributed by atoms with Crippen LogP contribution in [0.3, 0.4) is 0 Å². The number of furan rings is 2. The van der Waals surface area contributed by atoms with Crippen molar-refractivity contribution in [1.82, 2.24) is 0 Å². The number of aryl methyl sites for hydroxylation is 5. The Bertz CT molecular complexity index is 3080. The average molecular weight is 815 g/mol. The van der Waals surface area contributed by atoms with Gasteiger partial charge in [0.1, 0.15) is 16.9 Å². The molecule has 2 aliphatic rings. The summed E-state index contributed by atoms with van der Waals surface area (Å²) in [5, 5.41) is 2.30. The van der Waals surface area contributed by atoms with Gasteiger partial charge in [0.25, 0.3) is 6.71 Å². The first-order chi connectivity index (χ1) is 29.2. The van der Waals surface area contributed by atoms with E-state index < -0.39 is 0 Å². The van der Waals surface area contributed by atoms with Crippen molar-refractivity contribution in [3.63, 3.8) is 0 Å². The molecule has 0 aliphatic carbocycles. The van der Waals surface area contributed by atoms with Crippen molar-refractivity contribution in [3.05, 3.63) is 148 Å². The van der Waals surface area contributed by atoms with Crippen molar-refractivity contribution in [3.8, 4) is 11.3 Å². The maximum atomic E-state index is 7.27. The first-order valence-electron chi connectivity index (χ1n) is 22.4. The quantitative estimate of drug-likeness (QED) is 0.166. The van der Waals surface area contributed by atoms with Crippen LogP contribution in [-0.2, 0) is 16.2 Å². The van der Waals surface area contributed by atoms with Crippen LogP contribution in [0, 0.1) is 34.6 Å². The Balaban J connectivity index is 1.30. The first kappa shape index (κ1) is 40.2. The van der Waals surface area contributed by atoms with Gasteiger partial charge in [0.15, 0.2) is 0 Å². The Morgan fingerprint density at radius 3 is 1.66 bits per heavy atom. The summed E-state index contributed by atoms with van der Waals surface area (Å²) in [6.07, 6.45) is 0. The van der Waals surface area contributed by atoms with Gasteiger partial charge in [0.2, 0.25) is 5.88 Å². The van der Waals surface area contributed by atoms with Crippen LogP contribution in [-0.4, -0.2) is 6.71 Å². The Hall–Kier alpha value is -5.94. The Labute approximate surface area is 368 Å². The monoisotopic (exact) mass is 814 g/mol. The van der Waals surface area contributed by atoms with E-state index in [1.54, 1.807) is 0 Å². The number of anilines is 6. The fourth-order valence-electron chi connectivity index (χ4n) is 10.4. The summed E-state index contributed by atoms with van der Waals surface area (Å²) in [7, 11) is 0. The molecular formula is C57H59BN2O2. The van der Waals surface area contributed by atoms with E-state index >= 15 is 0 Å². The lowest BCUT2D eigenvalue weighted by Crippen LogP contribution is -2.61. The number of hydrogen-bond donors (Lipinski definition) is 0. The molecule has 5 heteroatoms. The van der Waals surface area contributed by atoms with Gasteiger partial charge >= 0.3 is 0 Å². The van der Waals surface area contributed by atoms with Crippen molar-refractivity contribution < 1.29 is 8.83 Å². The molecule has 62 heavy (non-hydrogen) atoms. The third-order valence-corrected chi connectivity index (χ3v) is 13.6. The summed E-state index contributed by atoms with van der Waals surface area (Å²) < 4.78 is 13.7. The van der Waals surface area contributed by atoms with E-state index in [1.807, 2.05) is 12.1 Å². The minimum atomic E-state index is -0.0678. The van der Waals surface area contributed by atoms with Gasteiger partial charge in [-0.25, -0.2) is 0 Å². The Morgan fingerprint density at radius 2 is 1.03 bits per heavy atom. The van der Waals surface area contributed by atoms with Gasteiger partial charge < -0.3 is 13.7 Å². The normalized spacial score (nSPS) is 13.9. The standard InChI is InChI=1S/C57H59BN2O2/c1-32-23-45-51-46(24-32)60(53-35(4)27-41(28-36(53)5)57(12,13)14)54-50(42-30-39(55(6,7)8)20-22-48(42)62-54)58(51)43-31-40(56(9,10)11)19-21-44(43)59(45)52-33(2)25-38(26-34(52)3)49-29-37-17-15-16-18-47(37)61-49/h15-31H,1-14H3. The molecule has 0 amide bonds. The van der Waals surface area contributed by atoms with E-state index in [-0.39, 0.29) is 23.0 Å². The van der Waals surface area contributed by atoms with E-state index in [4.69, 9.17) is 8.83 Å². The van der Waals surface area contributed by atoms with Crippen molar-refractivity contribution in [2.45, 2.75) is 113 Å². The van der Waals surface area contributed by atoms with Crippen LogP contribution >= 0.6 is 0 Å².